The maximum absolute atomic E-state index is 12.8. The Morgan fingerprint density at radius 3 is 1.52 bits per heavy atom. The number of nitrogens with zero attached hydrogens (tertiary/aromatic N) is 1. The van der Waals surface area contributed by atoms with E-state index >= 15 is 0 Å². The van der Waals surface area contributed by atoms with E-state index in [-0.39, 0.29) is 30.6 Å². The first-order valence-electron chi connectivity index (χ1n) is 23.9. The monoisotopic (exact) mass is 907 g/mol. The number of unbranched alkanes of at least 4 members (excludes halogenated alkanes) is 23. The SMILES string of the molecule is CCCCCCCCCOC(=O)CCCCCCCN(CCCCCCCC(=O)OC(CCCCCCCC)CCCCCCCI)CCCNC(=O)COC. The van der Waals surface area contributed by atoms with Gasteiger partial charge in [0.1, 0.15) is 12.7 Å². The molecule has 56 heavy (non-hydrogen) atoms. The Labute approximate surface area is 360 Å². The molecule has 1 amide bonds. The van der Waals surface area contributed by atoms with Gasteiger partial charge in [-0.3, -0.25) is 14.4 Å². The topological polar surface area (TPSA) is 94.2 Å². The Hall–Kier alpha value is -0.940. The third kappa shape index (κ3) is 41.2. The quantitative estimate of drug-likeness (QED) is 0.0281. The summed E-state index contributed by atoms with van der Waals surface area (Å²) in [5, 5.41) is 2.95. The zero-order chi connectivity index (χ0) is 41.0. The van der Waals surface area contributed by atoms with Crippen LogP contribution in [-0.4, -0.2) is 79.8 Å². The van der Waals surface area contributed by atoms with Gasteiger partial charge in [-0.05, 0) is 94.7 Å². The van der Waals surface area contributed by atoms with Gasteiger partial charge in [0.25, 0.3) is 0 Å². The van der Waals surface area contributed by atoms with Crippen LogP contribution in [0.25, 0.3) is 0 Å². The van der Waals surface area contributed by atoms with E-state index in [1.54, 1.807) is 7.11 Å². The number of methoxy groups -OCH3 is 1. The van der Waals surface area contributed by atoms with Gasteiger partial charge in [0, 0.05) is 26.5 Å². The molecular weight excluding hydrogens is 815 g/mol. The molecule has 1 N–H and O–H groups in total. The third-order valence-electron chi connectivity index (χ3n) is 10.8. The van der Waals surface area contributed by atoms with Crippen LogP contribution in [0, 0.1) is 0 Å². The summed E-state index contributed by atoms with van der Waals surface area (Å²) in [6.45, 7) is 8.96. The first kappa shape index (κ1) is 55.1. The summed E-state index contributed by atoms with van der Waals surface area (Å²) < 4.78 is 17.7. The standard InChI is InChI=1S/C47H91IN2O6/c1-4-6-8-10-12-23-31-42-55-46(52)35-26-18-14-21-29-39-50(41-32-38-49-45(51)43-54-3)40-30-22-15-19-27-36-47(53)56-44(33-24-16-11-9-7-5-2)34-25-17-13-20-28-37-48/h44H,4-43H2,1-3H3,(H,49,51). The second kappa shape index (κ2) is 45.1. The van der Waals surface area contributed by atoms with Crippen molar-refractivity contribution in [1.82, 2.24) is 10.2 Å². The number of esters is 2. The molecule has 0 bridgehead atoms. The summed E-state index contributed by atoms with van der Waals surface area (Å²) in [6, 6.07) is 0. The molecular formula is C47H91IN2O6. The summed E-state index contributed by atoms with van der Waals surface area (Å²) in [7, 11) is 1.54. The fourth-order valence-electron chi connectivity index (χ4n) is 7.29. The second-order valence-corrected chi connectivity index (χ2v) is 17.3. The normalized spacial score (nSPS) is 11.9. The van der Waals surface area contributed by atoms with Gasteiger partial charge in [0.15, 0.2) is 0 Å². The predicted molar refractivity (Wildman–Crippen MR) is 245 cm³/mol. The van der Waals surface area contributed by atoms with Crippen molar-refractivity contribution < 1.29 is 28.6 Å². The minimum Gasteiger partial charge on any atom is -0.466 e. The lowest BCUT2D eigenvalue weighted by Crippen LogP contribution is -2.32. The van der Waals surface area contributed by atoms with E-state index < -0.39 is 0 Å². The molecule has 0 spiro atoms. The van der Waals surface area contributed by atoms with Crippen molar-refractivity contribution in [1.29, 1.82) is 0 Å². The molecule has 0 saturated carbocycles. The van der Waals surface area contributed by atoms with Crippen molar-refractivity contribution >= 4 is 40.4 Å². The van der Waals surface area contributed by atoms with Gasteiger partial charge in [0.05, 0.1) is 6.61 Å². The third-order valence-corrected chi connectivity index (χ3v) is 11.6. The number of carbonyl (C=O) groups excluding carboxylic acids is 3. The van der Waals surface area contributed by atoms with Crippen LogP contribution in [0.3, 0.4) is 0 Å². The van der Waals surface area contributed by atoms with E-state index in [9.17, 15) is 14.4 Å². The summed E-state index contributed by atoms with van der Waals surface area (Å²) in [5.74, 6) is -0.0883. The summed E-state index contributed by atoms with van der Waals surface area (Å²) in [6.07, 6.45) is 37.7. The average Bonchev–Trinajstić information content (AvgIpc) is 3.18. The number of amides is 1. The Morgan fingerprint density at radius 1 is 0.536 bits per heavy atom. The number of halogens is 1. The van der Waals surface area contributed by atoms with Crippen LogP contribution in [0.5, 0.6) is 0 Å². The molecule has 0 aromatic heterocycles. The molecule has 8 nitrogen and oxygen atoms in total. The Bertz CT molecular complexity index is 847. The highest BCUT2D eigenvalue weighted by Crippen LogP contribution is 2.18. The molecule has 0 fully saturated rings. The lowest BCUT2D eigenvalue weighted by molar-refractivity contribution is -0.150. The number of ether oxygens (including phenoxy) is 3. The lowest BCUT2D eigenvalue weighted by atomic mass is 10.0. The smallest absolute Gasteiger partial charge is 0.306 e. The fourth-order valence-corrected chi connectivity index (χ4v) is 7.83. The van der Waals surface area contributed by atoms with Crippen molar-refractivity contribution in [3.05, 3.63) is 0 Å². The minimum atomic E-state index is -0.0597. The maximum atomic E-state index is 12.8. The highest BCUT2D eigenvalue weighted by Gasteiger charge is 2.14. The van der Waals surface area contributed by atoms with Crippen LogP contribution >= 0.6 is 22.6 Å². The fraction of sp³-hybridized carbons (Fsp3) is 0.936. The van der Waals surface area contributed by atoms with E-state index in [0.29, 0.717) is 26.0 Å². The van der Waals surface area contributed by atoms with Gasteiger partial charge in [-0.2, -0.15) is 0 Å². The van der Waals surface area contributed by atoms with Crippen molar-refractivity contribution in [3.63, 3.8) is 0 Å². The van der Waals surface area contributed by atoms with Gasteiger partial charge >= 0.3 is 11.9 Å². The molecule has 0 aliphatic heterocycles. The number of rotatable bonds is 45. The molecule has 332 valence electrons. The van der Waals surface area contributed by atoms with Crippen molar-refractivity contribution in [2.45, 2.75) is 232 Å². The molecule has 1 atom stereocenters. The van der Waals surface area contributed by atoms with Crippen LogP contribution in [0.2, 0.25) is 0 Å². The van der Waals surface area contributed by atoms with E-state index in [0.717, 1.165) is 103 Å². The van der Waals surface area contributed by atoms with Crippen LogP contribution in [0.15, 0.2) is 0 Å². The van der Waals surface area contributed by atoms with Crippen molar-refractivity contribution in [3.8, 4) is 0 Å². The van der Waals surface area contributed by atoms with Gasteiger partial charge in [-0.15, -0.1) is 0 Å². The zero-order valence-electron chi connectivity index (χ0n) is 37.1. The first-order chi connectivity index (χ1) is 27.5. The Kier molecular flexibility index (Phi) is 44.4. The van der Waals surface area contributed by atoms with Crippen molar-refractivity contribution in [2.75, 3.05) is 50.9 Å². The summed E-state index contributed by atoms with van der Waals surface area (Å²) in [4.78, 5) is 39.2. The molecule has 0 rings (SSSR count). The van der Waals surface area contributed by atoms with E-state index in [1.165, 1.54) is 120 Å². The highest BCUT2D eigenvalue weighted by atomic mass is 127. The zero-order valence-corrected chi connectivity index (χ0v) is 39.3. The number of hydrogen-bond acceptors (Lipinski definition) is 7. The van der Waals surface area contributed by atoms with Crippen LogP contribution in [0.1, 0.15) is 226 Å². The van der Waals surface area contributed by atoms with Gasteiger partial charge in [-0.25, -0.2) is 0 Å². The Balaban J connectivity index is 4.34. The van der Waals surface area contributed by atoms with Crippen LogP contribution in [0.4, 0.5) is 0 Å². The van der Waals surface area contributed by atoms with E-state index in [4.69, 9.17) is 14.2 Å². The molecule has 0 heterocycles. The van der Waals surface area contributed by atoms with Gasteiger partial charge in [0.2, 0.25) is 5.91 Å². The first-order valence-corrected chi connectivity index (χ1v) is 25.4. The molecule has 9 heteroatoms. The second-order valence-electron chi connectivity index (χ2n) is 16.3. The molecule has 0 aliphatic carbocycles. The molecule has 0 saturated heterocycles. The number of nitrogens with one attached hydrogen (secondary N) is 1. The van der Waals surface area contributed by atoms with Crippen LogP contribution < -0.4 is 5.32 Å². The van der Waals surface area contributed by atoms with Gasteiger partial charge < -0.3 is 24.4 Å². The average molecular weight is 907 g/mol. The molecule has 0 radical (unpaired) electrons. The minimum absolute atomic E-state index is 0.00777. The lowest BCUT2D eigenvalue weighted by Gasteiger charge is -2.22. The molecule has 1 unspecified atom stereocenters. The molecule has 0 aliphatic rings. The number of hydrogen-bond donors (Lipinski definition) is 1. The maximum Gasteiger partial charge on any atom is 0.306 e. The van der Waals surface area contributed by atoms with Crippen molar-refractivity contribution in [2.24, 2.45) is 0 Å². The molecule has 0 aromatic rings. The van der Waals surface area contributed by atoms with Crippen LogP contribution in [-0.2, 0) is 28.6 Å². The number of carbonyl (C=O) groups is 3. The largest absolute Gasteiger partial charge is 0.466 e. The number of alkyl halides is 1. The van der Waals surface area contributed by atoms with E-state index in [1.807, 2.05) is 0 Å². The van der Waals surface area contributed by atoms with E-state index in [2.05, 4.69) is 46.7 Å². The highest BCUT2D eigenvalue weighted by molar-refractivity contribution is 14.1. The summed E-state index contributed by atoms with van der Waals surface area (Å²) in [5.41, 5.74) is 0. The van der Waals surface area contributed by atoms with Gasteiger partial charge in [-0.1, -0.05) is 165 Å². The molecule has 0 aromatic carbocycles. The predicted octanol–water partition coefficient (Wildman–Crippen LogP) is 12.9. The summed E-state index contributed by atoms with van der Waals surface area (Å²) >= 11 is 2.46. The Morgan fingerprint density at radius 2 is 0.982 bits per heavy atom.